The summed E-state index contributed by atoms with van der Waals surface area (Å²) in [6, 6.07) is 6.00. The number of aliphatic imine (C=N–C) groups is 1. The van der Waals surface area contributed by atoms with Crippen LogP contribution in [0.3, 0.4) is 0 Å². The van der Waals surface area contributed by atoms with Gasteiger partial charge in [0, 0.05) is 18.3 Å². The number of carbonyl (C=O) groups is 1. The van der Waals surface area contributed by atoms with Gasteiger partial charge in [-0.05, 0) is 50.8 Å². The molecule has 0 unspecified atom stereocenters. The molecule has 0 atom stereocenters. The molecule has 8 heteroatoms. The van der Waals surface area contributed by atoms with E-state index in [4.69, 9.17) is 0 Å². The molecule has 0 aliphatic heterocycles. The maximum Gasteiger partial charge on any atom is 0.246 e. The third-order valence-corrected chi connectivity index (χ3v) is 3.87. The van der Waals surface area contributed by atoms with Crippen LogP contribution in [0.1, 0.15) is 32.6 Å². The number of hydrogen-bond acceptors (Lipinski definition) is 3. The molecule has 2 rings (SSSR count). The molecule has 0 spiro atoms. The Morgan fingerprint density at radius 1 is 1.32 bits per heavy atom. The number of nitrogens with zero attached hydrogens (tertiary/aromatic N) is 1. The highest BCUT2D eigenvalue weighted by Crippen LogP contribution is 2.18. The number of aliphatic hydroxyl groups is 1. The molecule has 1 aliphatic carbocycles. The molecule has 140 valence electrons. The number of anilines is 1. The number of carbonyl (C=O) groups excluding carboxylic acids is 1. The van der Waals surface area contributed by atoms with Gasteiger partial charge in [-0.1, -0.05) is 6.07 Å². The van der Waals surface area contributed by atoms with E-state index >= 15 is 0 Å². The van der Waals surface area contributed by atoms with Crippen molar-refractivity contribution in [2.24, 2.45) is 4.99 Å². The van der Waals surface area contributed by atoms with E-state index in [0.29, 0.717) is 18.2 Å². The van der Waals surface area contributed by atoms with Gasteiger partial charge < -0.3 is 21.1 Å². The van der Waals surface area contributed by atoms with E-state index in [1.807, 2.05) is 6.92 Å². The van der Waals surface area contributed by atoms with E-state index in [1.165, 1.54) is 18.2 Å². The van der Waals surface area contributed by atoms with Crippen LogP contribution in [0.2, 0.25) is 0 Å². The van der Waals surface area contributed by atoms with Gasteiger partial charge in [-0.2, -0.15) is 0 Å². The molecule has 0 aromatic heterocycles. The zero-order chi connectivity index (χ0) is 17.4. The van der Waals surface area contributed by atoms with Crippen LogP contribution in [0.5, 0.6) is 0 Å². The monoisotopic (exact) mass is 464 g/mol. The molecular weight excluding hydrogens is 438 g/mol. The van der Waals surface area contributed by atoms with Gasteiger partial charge in [0.1, 0.15) is 12.4 Å². The summed E-state index contributed by atoms with van der Waals surface area (Å²) in [5.74, 6) is -0.129. The molecule has 6 nitrogen and oxygen atoms in total. The van der Waals surface area contributed by atoms with E-state index in [2.05, 4.69) is 20.9 Å². The summed E-state index contributed by atoms with van der Waals surface area (Å²) in [4.78, 5) is 16.2. The topological polar surface area (TPSA) is 85.8 Å². The Hall–Kier alpha value is -1.42. The summed E-state index contributed by atoms with van der Waals surface area (Å²) in [6.45, 7) is 2.59. The van der Waals surface area contributed by atoms with Crippen molar-refractivity contribution in [1.82, 2.24) is 10.6 Å². The molecule has 0 radical (unpaired) electrons. The van der Waals surface area contributed by atoms with E-state index in [0.717, 1.165) is 25.7 Å². The second-order valence-corrected chi connectivity index (χ2v) is 5.90. The first-order valence-corrected chi connectivity index (χ1v) is 8.35. The van der Waals surface area contributed by atoms with Crippen molar-refractivity contribution in [2.45, 2.75) is 44.8 Å². The lowest BCUT2D eigenvalue weighted by Crippen LogP contribution is -2.45. The van der Waals surface area contributed by atoms with Gasteiger partial charge in [-0.15, -0.1) is 24.0 Å². The number of amides is 1. The highest BCUT2D eigenvalue weighted by atomic mass is 127. The van der Waals surface area contributed by atoms with Gasteiger partial charge in [0.25, 0.3) is 0 Å². The van der Waals surface area contributed by atoms with Crippen LogP contribution in [-0.2, 0) is 4.79 Å². The van der Waals surface area contributed by atoms with Crippen molar-refractivity contribution in [3.63, 3.8) is 0 Å². The summed E-state index contributed by atoms with van der Waals surface area (Å²) >= 11 is 0. The molecule has 25 heavy (non-hydrogen) atoms. The maximum atomic E-state index is 13.1. The van der Waals surface area contributed by atoms with Crippen LogP contribution < -0.4 is 16.0 Å². The zero-order valence-corrected chi connectivity index (χ0v) is 16.6. The van der Waals surface area contributed by atoms with Crippen molar-refractivity contribution in [1.29, 1.82) is 0 Å². The largest absolute Gasteiger partial charge is 0.393 e. The Labute approximate surface area is 164 Å². The first-order chi connectivity index (χ1) is 11.6. The molecule has 4 N–H and O–H groups in total. The minimum absolute atomic E-state index is 0. The lowest BCUT2D eigenvalue weighted by molar-refractivity contribution is -0.114. The van der Waals surface area contributed by atoms with Crippen LogP contribution in [0, 0.1) is 5.82 Å². The SMILES string of the molecule is CCNC(=NCC(=O)Nc1cccc(F)c1)NC1CCC(O)CC1.I. The number of hydrogen-bond donors (Lipinski definition) is 4. The molecule has 0 bridgehead atoms. The van der Waals surface area contributed by atoms with E-state index in [9.17, 15) is 14.3 Å². The summed E-state index contributed by atoms with van der Waals surface area (Å²) in [7, 11) is 0. The van der Waals surface area contributed by atoms with Crippen LogP contribution in [0.15, 0.2) is 29.3 Å². The van der Waals surface area contributed by atoms with Crippen molar-refractivity contribution >= 4 is 41.5 Å². The first-order valence-electron chi connectivity index (χ1n) is 8.35. The molecule has 0 heterocycles. The molecule has 1 saturated carbocycles. The van der Waals surface area contributed by atoms with E-state index in [1.54, 1.807) is 6.07 Å². The van der Waals surface area contributed by atoms with Gasteiger partial charge in [0.2, 0.25) is 5.91 Å². The Bertz CT molecular complexity index is 578. The normalized spacial score (nSPS) is 20.4. The molecule has 1 aromatic carbocycles. The fourth-order valence-electron chi connectivity index (χ4n) is 2.65. The van der Waals surface area contributed by atoms with E-state index in [-0.39, 0.29) is 48.6 Å². The Balaban J connectivity index is 0.00000312. The smallest absolute Gasteiger partial charge is 0.246 e. The van der Waals surface area contributed by atoms with Crippen LogP contribution in [0.4, 0.5) is 10.1 Å². The highest BCUT2D eigenvalue weighted by Gasteiger charge is 2.20. The number of aliphatic hydroxyl groups excluding tert-OH is 1. The summed E-state index contributed by atoms with van der Waals surface area (Å²) in [6.07, 6.45) is 3.09. The summed E-state index contributed by atoms with van der Waals surface area (Å²) in [5, 5.41) is 18.6. The van der Waals surface area contributed by atoms with Crippen LogP contribution in [0.25, 0.3) is 0 Å². The van der Waals surface area contributed by atoms with Gasteiger partial charge in [-0.25, -0.2) is 9.38 Å². The molecule has 1 amide bonds. The minimum Gasteiger partial charge on any atom is -0.393 e. The summed E-state index contributed by atoms with van der Waals surface area (Å²) in [5.41, 5.74) is 0.412. The molecule has 1 aliphatic rings. The number of benzene rings is 1. The molecule has 0 saturated heterocycles. The number of guanidine groups is 1. The summed E-state index contributed by atoms with van der Waals surface area (Å²) < 4.78 is 13.1. The number of halogens is 2. The fourth-order valence-corrected chi connectivity index (χ4v) is 2.65. The predicted molar refractivity (Wildman–Crippen MR) is 108 cm³/mol. The molecule has 1 aromatic rings. The maximum absolute atomic E-state index is 13.1. The molecular formula is C17H26FIN4O2. The minimum atomic E-state index is -0.397. The lowest BCUT2D eigenvalue weighted by Gasteiger charge is -2.27. The Morgan fingerprint density at radius 2 is 2.04 bits per heavy atom. The van der Waals surface area contributed by atoms with Gasteiger partial charge in [0.05, 0.1) is 6.10 Å². The standard InChI is InChI=1S/C17H25FN4O2.HI/c1-2-19-17(22-13-6-8-15(23)9-7-13)20-11-16(24)21-14-5-3-4-12(18)10-14;/h3-5,10,13,15,23H,2,6-9,11H2,1H3,(H,21,24)(H2,19,20,22);1H. The van der Waals surface area contributed by atoms with Crippen molar-refractivity contribution in [3.8, 4) is 0 Å². The average molecular weight is 464 g/mol. The highest BCUT2D eigenvalue weighted by molar-refractivity contribution is 14.0. The average Bonchev–Trinajstić information content (AvgIpc) is 2.55. The first kappa shape index (κ1) is 21.6. The quantitative estimate of drug-likeness (QED) is 0.306. The third kappa shape index (κ3) is 8.00. The second-order valence-electron chi connectivity index (χ2n) is 5.90. The number of rotatable bonds is 5. The lowest BCUT2D eigenvalue weighted by atomic mass is 9.93. The Morgan fingerprint density at radius 3 is 2.68 bits per heavy atom. The van der Waals surface area contributed by atoms with Gasteiger partial charge >= 0.3 is 0 Å². The second kappa shape index (κ2) is 11.2. The van der Waals surface area contributed by atoms with Crippen molar-refractivity contribution < 1.29 is 14.3 Å². The van der Waals surface area contributed by atoms with Gasteiger partial charge in [0.15, 0.2) is 5.96 Å². The van der Waals surface area contributed by atoms with Crippen LogP contribution in [-0.4, -0.2) is 42.2 Å². The van der Waals surface area contributed by atoms with Gasteiger partial charge in [-0.3, -0.25) is 4.79 Å². The fraction of sp³-hybridized carbons (Fsp3) is 0.529. The van der Waals surface area contributed by atoms with Crippen molar-refractivity contribution in [2.75, 3.05) is 18.4 Å². The van der Waals surface area contributed by atoms with Crippen LogP contribution >= 0.6 is 24.0 Å². The van der Waals surface area contributed by atoms with Crippen molar-refractivity contribution in [3.05, 3.63) is 30.1 Å². The van der Waals surface area contributed by atoms with E-state index < -0.39 is 5.82 Å². The Kier molecular flexibility index (Phi) is 9.73. The third-order valence-electron chi connectivity index (χ3n) is 3.87. The zero-order valence-electron chi connectivity index (χ0n) is 14.3. The number of nitrogens with one attached hydrogen (secondary N) is 3. The molecule has 1 fully saturated rings. The predicted octanol–water partition coefficient (Wildman–Crippen LogP) is 2.24.